The van der Waals surface area contributed by atoms with Gasteiger partial charge in [0.15, 0.2) is 11.6 Å². The van der Waals surface area contributed by atoms with Crippen molar-refractivity contribution in [3.8, 4) is 0 Å². The van der Waals surface area contributed by atoms with Gasteiger partial charge in [-0.1, -0.05) is 60.7 Å². The number of hydrogen-bond donors (Lipinski definition) is 2. The Kier molecular flexibility index (Phi) is 7.13. The van der Waals surface area contributed by atoms with Crippen molar-refractivity contribution in [3.63, 3.8) is 0 Å². The highest BCUT2D eigenvalue weighted by atomic mass is 35.5. The van der Waals surface area contributed by atoms with Crippen molar-refractivity contribution in [2.45, 2.75) is 0 Å². The first kappa shape index (κ1) is 22.9. The van der Waals surface area contributed by atoms with Crippen LogP contribution in [0.15, 0.2) is 116 Å². The van der Waals surface area contributed by atoms with Crippen molar-refractivity contribution in [3.05, 3.63) is 127 Å². The molecule has 0 atom stereocenters. The Morgan fingerprint density at radius 2 is 1.29 bits per heavy atom. The van der Waals surface area contributed by atoms with Crippen molar-refractivity contribution < 1.29 is 4.79 Å². The quantitative estimate of drug-likeness (QED) is 0.227. The van der Waals surface area contributed by atoms with Gasteiger partial charge in [-0.15, -0.1) is 17.9 Å². The molecule has 7 heteroatoms. The summed E-state index contributed by atoms with van der Waals surface area (Å²) < 4.78 is 0. The second kappa shape index (κ2) is 10.6. The number of ketones is 1. The molecule has 0 aliphatic carbocycles. The first-order chi connectivity index (χ1) is 16.3. The topological polar surface area (TPSA) is 70.2 Å². The van der Waals surface area contributed by atoms with Crippen molar-refractivity contribution in [1.82, 2.24) is 15.5 Å². The minimum absolute atomic E-state index is 0. The summed E-state index contributed by atoms with van der Waals surface area (Å²) in [4.78, 5) is 21.7. The molecule has 6 nitrogen and oxygen atoms in total. The zero-order chi connectivity index (χ0) is 22.5. The average molecular weight is 468 g/mol. The predicted octanol–water partition coefficient (Wildman–Crippen LogP) is 5.95. The second-order valence-electron chi connectivity index (χ2n) is 7.39. The standard InChI is InChI=1S/C27H21N5O.ClH/c33-26(20-9-3-1-4-10-20)21-15-17-23(18-16-21)32(31-30-22-11-5-2-6-12-22)27-24-13-7-8-14-25(24)28-19-29-27;/h1-19,30-31H;1H. The van der Waals surface area contributed by atoms with Crippen LogP contribution in [0.4, 0.5) is 17.2 Å². The number of fused-ring (bicyclic) bond motifs is 1. The highest BCUT2D eigenvalue weighted by Gasteiger charge is 2.16. The van der Waals surface area contributed by atoms with E-state index in [-0.39, 0.29) is 18.2 Å². The summed E-state index contributed by atoms with van der Waals surface area (Å²) in [7, 11) is 0. The van der Waals surface area contributed by atoms with Gasteiger partial charge in [0, 0.05) is 16.5 Å². The SMILES string of the molecule is Cl.O=C(c1ccccc1)c1ccc(N(NNc2ccccc2)c2ncnc3ccccc23)cc1. The van der Waals surface area contributed by atoms with Crippen LogP contribution in [0.2, 0.25) is 0 Å². The molecular formula is C27H22ClN5O. The lowest BCUT2D eigenvalue weighted by Gasteiger charge is -2.26. The number of hydrogen-bond acceptors (Lipinski definition) is 6. The van der Waals surface area contributed by atoms with E-state index in [0.29, 0.717) is 16.9 Å². The number of carbonyl (C=O) groups is 1. The predicted molar refractivity (Wildman–Crippen MR) is 138 cm³/mol. The van der Waals surface area contributed by atoms with Gasteiger partial charge >= 0.3 is 0 Å². The van der Waals surface area contributed by atoms with Gasteiger partial charge in [-0.25, -0.2) is 15.0 Å². The molecule has 0 fully saturated rings. The first-order valence-corrected chi connectivity index (χ1v) is 10.6. The third-order valence-corrected chi connectivity index (χ3v) is 5.24. The van der Waals surface area contributed by atoms with Gasteiger partial charge in [0.1, 0.15) is 6.33 Å². The van der Waals surface area contributed by atoms with Crippen molar-refractivity contribution in [2.24, 2.45) is 0 Å². The third kappa shape index (κ3) is 4.88. The number of nitrogens with zero attached hydrogens (tertiary/aromatic N) is 3. The molecule has 5 aromatic rings. The normalized spacial score (nSPS) is 10.4. The Balaban J connectivity index is 0.00000274. The van der Waals surface area contributed by atoms with Crippen molar-refractivity contribution in [1.29, 1.82) is 0 Å². The highest BCUT2D eigenvalue weighted by Crippen LogP contribution is 2.28. The fraction of sp³-hybridized carbons (Fsp3) is 0. The van der Waals surface area contributed by atoms with Crippen LogP contribution in [-0.4, -0.2) is 15.8 Å². The summed E-state index contributed by atoms with van der Waals surface area (Å²) in [5.74, 6) is 0.669. The maximum atomic E-state index is 12.8. The fourth-order valence-electron chi connectivity index (χ4n) is 3.57. The lowest BCUT2D eigenvalue weighted by atomic mass is 10.0. The number of para-hydroxylation sites is 2. The molecule has 2 N–H and O–H groups in total. The summed E-state index contributed by atoms with van der Waals surface area (Å²) in [6, 6.07) is 34.3. The molecule has 0 bridgehead atoms. The molecule has 0 amide bonds. The van der Waals surface area contributed by atoms with E-state index in [1.807, 2.05) is 114 Å². The maximum absolute atomic E-state index is 12.8. The zero-order valence-electron chi connectivity index (χ0n) is 18.1. The molecule has 0 radical (unpaired) electrons. The number of anilines is 3. The van der Waals surface area contributed by atoms with E-state index in [0.717, 1.165) is 22.3 Å². The van der Waals surface area contributed by atoms with E-state index in [9.17, 15) is 4.79 Å². The molecular weight excluding hydrogens is 446 g/mol. The van der Waals surface area contributed by atoms with Crippen LogP contribution in [0.5, 0.6) is 0 Å². The molecule has 0 saturated carbocycles. The number of rotatable bonds is 7. The third-order valence-electron chi connectivity index (χ3n) is 5.24. The van der Waals surface area contributed by atoms with Gasteiger partial charge in [-0.3, -0.25) is 4.79 Å². The van der Waals surface area contributed by atoms with Gasteiger partial charge in [0.25, 0.3) is 0 Å². The maximum Gasteiger partial charge on any atom is 0.193 e. The molecule has 4 aromatic carbocycles. The van der Waals surface area contributed by atoms with Crippen LogP contribution in [0.3, 0.4) is 0 Å². The molecule has 1 aromatic heterocycles. The first-order valence-electron chi connectivity index (χ1n) is 10.6. The Hall–Kier alpha value is -4.26. The molecule has 0 spiro atoms. The summed E-state index contributed by atoms with van der Waals surface area (Å²) in [6.07, 6.45) is 1.54. The molecule has 168 valence electrons. The second-order valence-corrected chi connectivity index (χ2v) is 7.39. The number of hydrazine groups is 2. The van der Waals surface area contributed by atoms with Crippen molar-refractivity contribution in [2.75, 3.05) is 10.4 Å². The van der Waals surface area contributed by atoms with Gasteiger partial charge in [0.05, 0.1) is 16.9 Å². The van der Waals surface area contributed by atoms with Gasteiger partial charge in [-0.05, 0) is 48.5 Å². The Labute approximate surface area is 203 Å². The molecule has 0 aliphatic rings. The Bertz CT molecular complexity index is 1370. The Morgan fingerprint density at radius 1 is 0.676 bits per heavy atom. The van der Waals surface area contributed by atoms with Gasteiger partial charge in [0.2, 0.25) is 0 Å². The van der Waals surface area contributed by atoms with E-state index in [4.69, 9.17) is 0 Å². The number of carbonyl (C=O) groups excluding carboxylic acids is 1. The lowest BCUT2D eigenvalue weighted by Crippen LogP contribution is -2.39. The van der Waals surface area contributed by atoms with E-state index < -0.39 is 0 Å². The van der Waals surface area contributed by atoms with E-state index in [1.165, 1.54) is 0 Å². The molecule has 5 rings (SSSR count). The summed E-state index contributed by atoms with van der Waals surface area (Å²) in [5, 5.41) is 2.74. The van der Waals surface area contributed by atoms with Crippen LogP contribution in [0.1, 0.15) is 15.9 Å². The smallest absolute Gasteiger partial charge is 0.193 e. The fourth-order valence-corrected chi connectivity index (χ4v) is 3.57. The zero-order valence-corrected chi connectivity index (χ0v) is 18.9. The van der Waals surface area contributed by atoms with Crippen LogP contribution < -0.4 is 16.0 Å². The summed E-state index contributed by atoms with van der Waals surface area (Å²) >= 11 is 0. The minimum Gasteiger partial charge on any atom is -0.304 e. The highest BCUT2D eigenvalue weighted by molar-refractivity contribution is 6.09. The number of halogens is 1. The molecule has 1 heterocycles. The molecule has 34 heavy (non-hydrogen) atoms. The monoisotopic (exact) mass is 467 g/mol. The number of aromatic nitrogens is 2. The lowest BCUT2D eigenvalue weighted by molar-refractivity contribution is 0.103. The van der Waals surface area contributed by atoms with Gasteiger partial charge < -0.3 is 5.43 Å². The van der Waals surface area contributed by atoms with E-state index >= 15 is 0 Å². The van der Waals surface area contributed by atoms with E-state index in [1.54, 1.807) is 6.33 Å². The molecule has 0 aliphatic heterocycles. The summed E-state index contributed by atoms with van der Waals surface area (Å²) in [6.45, 7) is 0. The van der Waals surface area contributed by atoms with Crippen LogP contribution in [0, 0.1) is 0 Å². The van der Waals surface area contributed by atoms with Gasteiger partial charge in [-0.2, -0.15) is 0 Å². The van der Waals surface area contributed by atoms with Crippen LogP contribution in [-0.2, 0) is 0 Å². The van der Waals surface area contributed by atoms with Crippen LogP contribution in [0.25, 0.3) is 10.9 Å². The molecule has 0 saturated heterocycles. The largest absolute Gasteiger partial charge is 0.304 e. The van der Waals surface area contributed by atoms with Crippen molar-refractivity contribution >= 4 is 46.3 Å². The summed E-state index contributed by atoms with van der Waals surface area (Å²) in [5.41, 5.74) is 10.3. The number of nitrogens with one attached hydrogen (secondary N) is 2. The molecule has 0 unspecified atom stereocenters. The Morgan fingerprint density at radius 3 is 2.03 bits per heavy atom. The van der Waals surface area contributed by atoms with E-state index in [2.05, 4.69) is 20.9 Å². The minimum atomic E-state index is -0.0171. The number of benzene rings is 4. The average Bonchev–Trinajstić information content (AvgIpc) is 2.90. The van der Waals surface area contributed by atoms with Crippen LogP contribution >= 0.6 is 12.4 Å².